The molecule has 0 bridgehead atoms. The number of alkyl halides is 3. The first-order valence-electron chi connectivity index (χ1n) is 5.54. The van der Waals surface area contributed by atoms with Crippen LogP contribution in [0.4, 0.5) is 18.9 Å². The lowest BCUT2D eigenvalue weighted by Crippen LogP contribution is -2.38. The molecule has 1 aromatic rings. The summed E-state index contributed by atoms with van der Waals surface area (Å²) in [6.45, 7) is 2.60. The van der Waals surface area contributed by atoms with E-state index in [1.54, 1.807) is 32.0 Å². The van der Waals surface area contributed by atoms with E-state index in [0.29, 0.717) is 16.3 Å². The van der Waals surface area contributed by atoms with Gasteiger partial charge in [-0.3, -0.25) is 4.90 Å². The molecule has 2 nitrogen and oxygen atoms in total. The summed E-state index contributed by atoms with van der Waals surface area (Å²) in [5.74, 6) is 0. The predicted octanol–water partition coefficient (Wildman–Crippen LogP) is 3.69. The first-order chi connectivity index (χ1) is 8.19. The Morgan fingerprint density at radius 3 is 2.44 bits per heavy atom. The maximum absolute atomic E-state index is 12.4. The van der Waals surface area contributed by atoms with Crippen LogP contribution in [0.2, 0.25) is 5.02 Å². The minimum Gasteiger partial charge on any atom is -0.398 e. The molecule has 0 aliphatic heterocycles. The zero-order valence-corrected chi connectivity index (χ0v) is 11.0. The summed E-state index contributed by atoms with van der Waals surface area (Å²) in [7, 11) is 0. The van der Waals surface area contributed by atoms with E-state index in [4.69, 9.17) is 17.3 Å². The van der Waals surface area contributed by atoms with Crippen molar-refractivity contribution < 1.29 is 13.2 Å². The number of anilines is 1. The third kappa shape index (κ3) is 4.74. The van der Waals surface area contributed by atoms with Gasteiger partial charge in [-0.1, -0.05) is 11.6 Å². The van der Waals surface area contributed by atoms with Crippen molar-refractivity contribution in [2.24, 2.45) is 0 Å². The summed E-state index contributed by atoms with van der Waals surface area (Å²) in [5.41, 5.74) is 6.80. The highest BCUT2D eigenvalue weighted by Gasteiger charge is 2.31. The van der Waals surface area contributed by atoms with Crippen molar-refractivity contribution >= 4 is 17.3 Å². The van der Waals surface area contributed by atoms with Gasteiger partial charge in [-0.15, -0.1) is 0 Å². The second-order valence-electron chi connectivity index (χ2n) is 4.46. The number of halogens is 4. The van der Waals surface area contributed by atoms with E-state index in [1.165, 1.54) is 4.90 Å². The predicted molar refractivity (Wildman–Crippen MR) is 67.5 cm³/mol. The minimum atomic E-state index is -4.22. The summed E-state index contributed by atoms with van der Waals surface area (Å²) in [6, 6.07) is 4.58. The van der Waals surface area contributed by atoms with Crippen molar-refractivity contribution in [3.8, 4) is 0 Å². The Morgan fingerprint density at radius 1 is 1.33 bits per heavy atom. The van der Waals surface area contributed by atoms with Crippen LogP contribution in [0, 0.1) is 0 Å². The normalized spacial score (nSPS) is 12.4. The van der Waals surface area contributed by atoms with Crippen LogP contribution in [0.3, 0.4) is 0 Å². The van der Waals surface area contributed by atoms with Crippen molar-refractivity contribution in [3.63, 3.8) is 0 Å². The van der Waals surface area contributed by atoms with Crippen molar-refractivity contribution in [1.29, 1.82) is 0 Å². The lowest BCUT2D eigenvalue weighted by atomic mass is 10.1. The highest BCUT2D eigenvalue weighted by atomic mass is 35.5. The van der Waals surface area contributed by atoms with Crippen LogP contribution in [-0.4, -0.2) is 23.7 Å². The lowest BCUT2D eigenvalue weighted by molar-refractivity contribution is -0.150. The second kappa shape index (κ2) is 5.80. The van der Waals surface area contributed by atoms with E-state index in [9.17, 15) is 13.2 Å². The molecule has 0 atom stereocenters. The molecule has 0 aliphatic carbocycles. The van der Waals surface area contributed by atoms with Gasteiger partial charge in [0.25, 0.3) is 0 Å². The van der Waals surface area contributed by atoms with Gasteiger partial charge in [0.05, 0.1) is 6.54 Å². The zero-order chi connectivity index (χ0) is 13.9. The number of nitrogens with zero attached hydrogens (tertiary/aromatic N) is 1. The maximum atomic E-state index is 12.4. The average Bonchev–Trinajstić information content (AvgIpc) is 2.20. The molecular formula is C12H16ClF3N2. The van der Waals surface area contributed by atoms with E-state index in [-0.39, 0.29) is 12.6 Å². The Hall–Kier alpha value is -0.940. The highest BCUT2D eigenvalue weighted by Crippen LogP contribution is 2.23. The molecule has 0 heterocycles. The van der Waals surface area contributed by atoms with Crippen molar-refractivity contribution in [3.05, 3.63) is 28.8 Å². The molecule has 1 aromatic carbocycles. The van der Waals surface area contributed by atoms with Crippen LogP contribution >= 0.6 is 11.6 Å². The number of nitrogens with two attached hydrogens (primary N) is 1. The van der Waals surface area contributed by atoms with E-state index in [2.05, 4.69) is 0 Å². The summed E-state index contributed by atoms with van der Waals surface area (Å²) in [6.07, 6.45) is -4.22. The molecule has 0 amide bonds. The first-order valence-corrected chi connectivity index (χ1v) is 5.91. The summed E-state index contributed by atoms with van der Waals surface area (Å²) < 4.78 is 37.3. The molecule has 0 saturated carbocycles. The van der Waals surface area contributed by atoms with E-state index in [0.717, 1.165) is 0 Å². The molecule has 18 heavy (non-hydrogen) atoms. The quantitative estimate of drug-likeness (QED) is 0.852. The monoisotopic (exact) mass is 280 g/mol. The zero-order valence-electron chi connectivity index (χ0n) is 10.3. The third-order valence-corrected chi connectivity index (χ3v) is 2.83. The van der Waals surface area contributed by atoms with Crippen LogP contribution in [0.15, 0.2) is 18.2 Å². The third-order valence-electron chi connectivity index (χ3n) is 2.59. The Labute approximate surface area is 110 Å². The maximum Gasteiger partial charge on any atom is 0.401 e. The number of hydrogen-bond acceptors (Lipinski definition) is 2. The fourth-order valence-corrected chi connectivity index (χ4v) is 1.78. The molecule has 6 heteroatoms. The molecule has 0 fully saturated rings. The lowest BCUT2D eigenvalue weighted by Gasteiger charge is -2.28. The van der Waals surface area contributed by atoms with Gasteiger partial charge in [0.2, 0.25) is 0 Å². The molecule has 0 radical (unpaired) electrons. The molecule has 0 unspecified atom stereocenters. The number of hydrogen-bond donors (Lipinski definition) is 1. The van der Waals surface area contributed by atoms with E-state index < -0.39 is 12.7 Å². The Bertz CT molecular complexity index is 405. The largest absolute Gasteiger partial charge is 0.401 e. The minimum absolute atomic E-state index is 0.129. The van der Waals surface area contributed by atoms with Crippen molar-refractivity contribution in [2.45, 2.75) is 32.6 Å². The van der Waals surface area contributed by atoms with Gasteiger partial charge < -0.3 is 5.73 Å². The number of benzene rings is 1. The Morgan fingerprint density at radius 2 is 1.94 bits per heavy atom. The highest BCUT2D eigenvalue weighted by molar-refractivity contribution is 6.30. The van der Waals surface area contributed by atoms with Crippen LogP contribution in [0.1, 0.15) is 19.4 Å². The smallest absolute Gasteiger partial charge is 0.398 e. The average molecular weight is 281 g/mol. The second-order valence-corrected chi connectivity index (χ2v) is 4.89. The molecule has 102 valence electrons. The molecule has 0 aromatic heterocycles. The van der Waals surface area contributed by atoms with Gasteiger partial charge >= 0.3 is 6.18 Å². The molecule has 0 aliphatic rings. The van der Waals surface area contributed by atoms with E-state index >= 15 is 0 Å². The molecule has 0 spiro atoms. The van der Waals surface area contributed by atoms with Gasteiger partial charge in [-0.25, -0.2) is 0 Å². The molecule has 1 rings (SSSR count). The standard InChI is InChI=1S/C12H16ClF3N2/c1-8(2)18(7-12(14,15)16)6-9-5-10(13)3-4-11(9)17/h3-5,8H,6-7,17H2,1-2H3. The molecular weight excluding hydrogens is 265 g/mol. The van der Waals surface area contributed by atoms with Crippen LogP contribution in [-0.2, 0) is 6.54 Å². The summed E-state index contributed by atoms with van der Waals surface area (Å²) in [4.78, 5) is 1.31. The Kier molecular flexibility index (Phi) is 4.87. The van der Waals surface area contributed by atoms with Gasteiger partial charge in [0, 0.05) is 23.3 Å². The summed E-state index contributed by atoms with van der Waals surface area (Å²) >= 11 is 5.82. The van der Waals surface area contributed by atoms with Gasteiger partial charge in [0.1, 0.15) is 0 Å². The topological polar surface area (TPSA) is 29.3 Å². The fraction of sp³-hybridized carbons (Fsp3) is 0.500. The van der Waals surface area contributed by atoms with E-state index in [1.807, 2.05) is 0 Å². The molecule has 0 saturated heterocycles. The van der Waals surface area contributed by atoms with Crippen molar-refractivity contribution in [1.82, 2.24) is 4.90 Å². The van der Waals surface area contributed by atoms with Crippen LogP contribution < -0.4 is 5.73 Å². The molecule has 2 N–H and O–H groups in total. The summed E-state index contributed by atoms with van der Waals surface area (Å²) in [5, 5.41) is 0.468. The van der Waals surface area contributed by atoms with Gasteiger partial charge in [-0.05, 0) is 37.6 Å². The first kappa shape index (κ1) is 15.1. The van der Waals surface area contributed by atoms with Gasteiger partial charge in [-0.2, -0.15) is 13.2 Å². The van der Waals surface area contributed by atoms with Crippen molar-refractivity contribution in [2.75, 3.05) is 12.3 Å². The van der Waals surface area contributed by atoms with Crippen LogP contribution in [0.25, 0.3) is 0 Å². The SMILES string of the molecule is CC(C)N(Cc1cc(Cl)ccc1N)CC(F)(F)F. The number of rotatable bonds is 4. The fourth-order valence-electron chi connectivity index (χ4n) is 1.58. The van der Waals surface area contributed by atoms with Crippen LogP contribution in [0.5, 0.6) is 0 Å². The van der Waals surface area contributed by atoms with Gasteiger partial charge in [0.15, 0.2) is 0 Å². The Balaban J connectivity index is 2.86. The number of nitrogen functional groups attached to an aromatic ring is 1.